The zero-order valence-electron chi connectivity index (χ0n) is 12.6. The maximum absolute atomic E-state index is 4.76. The first-order valence-electron chi connectivity index (χ1n) is 7.93. The number of hydrogen-bond donors (Lipinski definition) is 1. The van der Waals surface area contributed by atoms with Crippen LogP contribution in [-0.4, -0.2) is 22.4 Å². The van der Waals surface area contributed by atoms with Crippen LogP contribution in [-0.2, 0) is 13.5 Å². The van der Waals surface area contributed by atoms with Crippen molar-refractivity contribution < 1.29 is 0 Å². The lowest BCUT2D eigenvalue weighted by molar-refractivity contribution is 0.396. The van der Waals surface area contributed by atoms with Gasteiger partial charge in [0.15, 0.2) is 0 Å². The standard InChI is InChI=1S/C17H25N3/c1-3-11-18-15-9-6-7-13(15)12-16-14-8-4-5-10-17(14)20(2)19-16/h4-5,8,10,13,15,18H,3,6-7,9,11-12H2,1-2H3. The van der Waals surface area contributed by atoms with Gasteiger partial charge in [-0.3, -0.25) is 4.68 Å². The SMILES string of the molecule is CCCNC1CCCC1Cc1nn(C)c2ccccc12. The van der Waals surface area contributed by atoms with Crippen LogP contribution in [0.25, 0.3) is 10.9 Å². The molecule has 0 amide bonds. The van der Waals surface area contributed by atoms with E-state index in [2.05, 4.69) is 36.5 Å². The van der Waals surface area contributed by atoms with Gasteiger partial charge >= 0.3 is 0 Å². The Balaban J connectivity index is 1.79. The van der Waals surface area contributed by atoms with Crippen LogP contribution < -0.4 is 5.32 Å². The van der Waals surface area contributed by atoms with Crippen molar-refractivity contribution in [1.82, 2.24) is 15.1 Å². The molecule has 1 aromatic carbocycles. The van der Waals surface area contributed by atoms with Crippen LogP contribution in [0.2, 0.25) is 0 Å². The molecule has 0 spiro atoms. The highest BCUT2D eigenvalue weighted by atomic mass is 15.3. The van der Waals surface area contributed by atoms with Crippen molar-refractivity contribution in [2.75, 3.05) is 6.54 Å². The number of nitrogens with one attached hydrogen (secondary N) is 1. The van der Waals surface area contributed by atoms with E-state index < -0.39 is 0 Å². The summed E-state index contributed by atoms with van der Waals surface area (Å²) in [5.74, 6) is 0.750. The van der Waals surface area contributed by atoms with Crippen molar-refractivity contribution in [2.24, 2.45) is 13.0 Å². The molecular weight excluding hydrogens is 246 g/mol. The van der Waals surface area contributed by atoms with Crippen molar-refractivity contribution in [1.29, 1.82) is 0 Å². The van der Waals surface area contributed by atoms with E-state index in [4.69, 9.17) is 5.10 Å². The molecule has 1 aromatic heterocycles. The Bertz CT molecular complexity index is 573. The monoisotopic (exact) mass is 271 g/mol. The van der Waals surface area contributed by atoms with Gasteiger partial charge in [0.05, 0.1) is 11.2 Å². The number of rotatable bonds is 5. The van der Waals surface area contributed by atoms with Crippen molar-refractivity contribution >= 4 is 10.9 Å². The Morgan fingerprint density at radius 2 is 2.15 bits per heavy atom. The second-order valence-electron chi connectivity index (χ2n) is 6.04. The number of para-hydroxylation sites is 1. The summed E-state index contributed by atoms with van der Waals surface area (Å²) in [6.45, 7) is 3.38. The Hall–Kier alpha value is -1.35. The number of nitrogens with zero attached hydrogens (tertiary/aromatic N) is 2. The van der Waals surface area contributed by atoms with E-state index in [0.717, 1.165) is 18.9 Å². The molecule has 20 heavy (non-hydrogen) atoms. The molecule has 1 aliphatic rings. The van der Waals surface area contributed by atoms with Gasteiger partial charge in [0, 0.05) is 18.5 Å². The zero-order valence-corrected chi connectivity index (χ0v) is 12.6. The smallest absolute Gasteiger partial charge is 0.0706 e. The lowest BCUT2D eigenvalue weighted by Crippen LogP contribution is -2.33. The highest BCUT2D eigenvalue weighted by Gasteiger charge is 2.28. The Labute approximate surface area is 121 Å². The molecule has 1 aliphatic carbocycles. The lowest BCUT2D eigenvalue weighted by atomic mass is 9.96. The van der Waals surface area contributed by atoms with Crippen LogP contribution in [0.15, 0.2) is 24.3 Å². The van der Waals surface area contributed by atoms with Gasteiger partial charge < -0.3 is 5.32 Å². The molecule has 2 unspecified atom stereocenters. The Morgan fingerprint density at radius 1 is 1.30 bits per heavy atom. The van der Waals surface area contributed by atoms with Crippen molar-refractivity contribution in [3.05, 3.63) is 30.0 Å². The average Bonchev–Trinajstić information content (AvgIpc) is 3.03. The average molecular weight is 271 g/mol. The van der Waals surface area contributed by atoms with Gasteiger partial charge in [-0.25, -0.2) is 0 Å². The van der Waals surface area contributed by atoms with Gasteiger partial charge in [-0.05, 0) is 44.2 Å². The molecule has 0 radical (unpaired) electrons. The summed E-state index contributed by atoms with van der Waals surface area (Å²) < 4.78 is 2.02. The fourth-order valence-corrected chi connectivity index (χ4v) is 3.57. The highest BCUT2D eigenvalue weighted by Crippen LogP contribution is 2.30. The maximum atomic E-state index is 4.76. The van der Waals surface area contributed by atoms with Crippen LogP contribution in [0, 0.1) is 5.92 Å². The third kappa shape index (κ3) is 2.59. The molecule has 0 aliphatic heterocycles. The second kappa shape index (κ2) is 5.96. The van der Waals surface area contributed by atoms with Crippen LogP contribution in [0.4, 0.5) is 0 Å². The summed E-state index contributed by atoms with van der Waals surface area (Å²) in [5.41, 5.74) is 2.52. The topological polar surface area (TPSA) is 29.9 Å². The summed E-state index contributed by atoms with van der Waals surface area (Å²) in [6, 6.07) is 9.27. The fraction of sp³-hybridized carbons (Fsp3) is 0.588. The van der Waals surface area contributed by atoms with Crippen molar-refractivity contribution in [3.63, 3.8) is 0 Å². The molecule has 3 heteroatoms. The molecular formula is C17H25N3. The predicted octanol–water partition coefficient (Wildman–Crippen LogP) is 3.28. The van der Waals surface area contributed by atoms with Crippen LogP contribution in [0.5, 0.6) is 0 Å². The van der Waals surface area contributed by atoms with Gasteiger partial charge in [0.2, 0.25) is 0 Å². The third-order valence-corrected chi connectivity index (χ3v) is 4.61. The number of fused-ring (bicyclic) bond motifs is 1. The molecule has 2 atom stereocenters. The van der Waals surface area contributed by atoms with Crippen LogP contribution in [0.3, 0.4) is 0 Å². The Morgan fingerprint density at radius 3 is 3.00 bits per heavy atom. The Kier molecular flexibility index (Phi) is 4.06. The maximum Gasteiger partial charge on any atom is 0.0706 e. The van der Waals surface area contributed by atoms with Crippen molar-refractivity contribution in [3.8, 4) is 0 Å². The first-order valence-corrected chi connectivity index (χ1v) is 7.93. The first-order chi connectivity index (χ1) is 9.79. The highest BCUT2D eigenvalue weighted by molar-refractivity contribution is 5.81. The molecule has 3 nitrogen and oxygen atoms in total. The van der Waals surface area contributed by atoms with E-state index >= 15 is 0 Å². The molecule has 1 saturated carbocycles. The number of benzene rings is 1. The summed E-state index contributed by atoms with van der Waals surface area (Å²) in [6.07, 6.45) is 6.36. The second-order valence-corrected chi connectivity index (χ2v) is 6.04. The van der Waals surface area contributed by atoms with Gasteiger partial charge in [0.25, 0.3) is 0 Å². The zero-order chi connectivity index (χ0) is 13.9. The third-order valence-electron chi connectivity index (χ3n) is 4.61. The summed E-state index contributed by atoms with van der Waals surface area (Å²) >= 11 is 0. The van der Waals surface area contributed by atoms with Gasteiger partial charge in [-0.2, -0.15) is 5.10 Å². The summed E-state index contributed by atoms with van der Waals surface area (Å²) in [7, 11) is 2.05. The number of aryl methyl sites for hydroxylation is 1. The quantitative estimate of drug-likeness (QED) is 0.904. The van der Waals surface area contributed by atoms with E-state index in [1.807, 2.05) is 11.7 Å². The van der Waals surface area contributed by atoms with E-state index in [1.165, 1.54) is 42.3 Å². The largest absolute Gasteiger partial charge is 0.314 e. The van der Waals surface area contributed by atoms with Gasteiger partial charge in [0.1, 0.15) is 0 Å². The van der Waals surface area contributed by atoms with Gasteiger partial charge in [-0.1, -0.05) is 31.5 Å². The van der Waals surface area contributed by atoms with Crippen molar-refractivity contribution in [2.45, 2.75) is 45.1 Å². The molecule has 108 valence electrons. The normalized spacial score (nSPS) is 22.7. The molecule has 2 aromatic rings. The number of aromatic nitrogens is 2. The van der Waals surface area contributed by atoms with Crippen LogP contribution in [0.1, 0.15) is 38.3 Å². The van der Waals surface area contributed by atoms with Crippen LogP contribution >= 0.6 is 0 Å². The summed E-state index contributed by atoms with van der Waals surface area (Å²) in [4.78, 5) is 0. The van der Waals surface area contributed by atoms with Gasteiger partial charge in [-0.15, -0.1) is 0 Å². The van der Waals surface area contributed by atoms with E-state index in [1.54, 1.807) is 0 Å². The lowest BCUT2D eigenvalue weighted by Gasteiger charge is -2.20. The summed E-state index contributed by atoms with van der Waals surface area (Å²) in [5, 5.41) is 9.81. The molecule has 0 bridgehead atoms. The predicted molar refractivity (Wildman–Crippen MR) is 83.8 cm³/mol. The van der Waals surface area contributed by atoms with E-state index in [9.17, 15) is 0 Å². The minimum atomic E-state index is 0.690. The molecule has 3 rings (SSSR count). The first kappa shape index (κ1) is 13.6. The molecule has 1 N–H and O–H groups in total. The van der Waals surface area contributed by atoms with E-state index in [0.29, 0.717) is 6.04 Å². The molecule has 0 saturated heterocycles. The minimum Gasteiger partial charge on any atom is -0.314 e. The molecule has 1 heterocycles. The minimum absolute atomic E-state index is 0.690. The number of hydrogen-bond acceptors (Lipinski definition) is 2. The van der Waals surface area contributed by atoms with E-state index in [-0.39, 0.29) is 0 Å². The fourth-order valence-electron chi connectivity index (χ4n) is 3.57. The molecule has 1 fully saturated rings.